The fraction of sp³-hybridized carbons (Fsp3) is 0.238. The molecule has 0 bridgehead atoms. The lowest BCUT2D eigenvalue weighted by molar-refractivity contribution is 0.430. The summed E-state index contributed by atoms with van der Waals surface area (Å²) in [4.78, 5) is 55.7. The van der Waals surface area contributed by atoms with Crippen molar-refractivity contribution < 1.29 is 5.11 Å². The van der Waals surface area contributed by atoms with Gasteiger partial charge in [-0.1, -0.05) is 6.07 Å². The second kappa shape index (κ2) is 8.03. The summed E-state index contributed by atoms with van der Waals surface area (Å²) in [6, 6.07) is 5.14. The number of imidazole rings is 1. The van der Waals surface area contributed by atoms with Crippen LogP contribution < -0.4 is 27.9 Å². The Hall–Kier alpha value is -4.68. The van der Waals surface area contributed by atoms with Crippen LogP contribution in [-0.4, -0.2) is 39.6 Å². The molecule has 13 nitrogen and oxygen atoms in total. The molecule has 0 atom stereocenters. The molecule has 0 amide bonds. The second-order valence-corrected chi connectivity index (χ2v) is 7.84. The predicted molar refractivity (Wildman–Crippen MR) is 126 cm³/mol. The summed E-state index contributed by atoms with van der Waals surface area (Å²) < 4.78 is 4.56. The number of aromatic hydroxyl groups is 1. The van der Waals surface area contributed by atoms with Gasteiger partial charge in [0.25, 0.3) is 11.1 Å². The lowest BCUT2D eigenvalue weighted by atomic mass is 10.1. The molecule has 0 unspecified atom stereocenters. The van der Waals surface area contributed by atoms with E-state index in [1.807, 2.05) is 13.8 Å². The number of hydrazone groups is 1. The number of fused-ring (bicyclic) bond motifs is 1. The van der Waals surface area contributed by atoms with Gasteiger partial charge in [0.05, 0.1) is 11.9 Å². The third-order valence-corrected chi connectivity index (χ3v) is 5.70. The fourth-order valence-corrected chi connectivity index (χ4v) is 3.53. The molecule has 34 heavy (non-hydrogen) atoms. The number of anilines is 1. The molecule has 4 aromatic rings. The maximum Gasteiger partial charge on any atom is 0.335 e. The van der Waals surface area contributed by atoms with Gasteiger partial charge in [0.1, 0.15) is 5.56 Å². The van der Waals surface area contributed by atoms with Crippen molar-refractivity contribution in [1.29, 1.82) is 0 Å². The summed E-state index contributed by atoms with van der Waals surface area (Å²) in [5, 5.41) is 14.6. The molecule has 0 aliphatic rings. The Morgan fingerprint density at radius 3 is 2.41 bits per heavy atom. The van der Waals surface area contributed by atoms with E-state index in [2.05, 4.69) is 20.5 Å². The summed E-state index contributed by atoms with van der Waals surface area (Å²) in [6.07, 6.45) is 1.03. The molecule has 0 aliphatic carbocycles. The Morgan fingerprint density at radius 2 is 1.74 bits per heavy atom. The zero-order chi connectivity index (χ0) is 24.9. The van der Waals surface area contributed by atoms with Gasteiger partial charge in [0, 0.05) is 21.1 Å². The van der Waals surface area contributed by atoms with Crippen molar-refractivity contribution in [3.8, 4) is 11.6 Å². The van der Waals surface area contributed by atoms with E-state index in [1.54, 1.807) is 25.2 Å². The number of aromatic nitrogens is 6. The average molecular weight is 466 g/mol. The Kier molecular flexibility index (Phi) is 5.31. The normalized spacial score (nSPS) is 11.6. The minimum absolute atomic E-state index is 0.114. The van der Waals surface area contributed by atoms with Gasteiger partial charge in [-0.2, -0.15) is 10.1 Å². The van der Waals surface area contributed by atoms with Crippen LogP contribution in [0, 0.1) is 13.8 Å². The average Bonchev–Trinajstić information content (AvgIpc) is 3.11. The van der Waals surface area contributed by atoms with E-state index in [-0.39, 0.29) is 22.7 Å². The van der Waals surface area contributed by atoms with Crippen LogP contribution >= 0.6 is 0 Å². The van der Waals surface area contributed by atoms with Gasteiger partial charge in [-0.05, 0) is 37.1 Å². The number of nitrogens with zero attached hydrogens (tertiary/aromatic N) is 6. The summed E-state index contributed by atoms with van der Waals surface area (Å²) in [6.45, 7) is 3.77. The maximum absolute atomic E-state index is 12.5. The summed E-state index contributed by atoms with van der Waals surface area (Å²) in [5.41, 5.74) is 2.22. The minimum atomic E-state index is -0.839. The summed E-state index contributed by atoms with van der Waals surface area (Å²) in [5.74, 6) is -0.480. The van der Waals surface area contributed by atoms with Crippen molar-refractivity contribution in [1.82, 2.24) is 28.2 Å². The SMILES string of the molecule is Cc1ccc(-n2c(O)c(C=NNc3nc4c(c(=O)n(C)c(=O)n4C)n3C)c(=O)[nH]c2=O)cc1C. The Labute approximate surface area is 190 Å². The largest absolute Gasteiger partial charge is 0.493 e. The monoisotopic (exact) mass is 466 g/mol. The molecule has 0 fully saturated rings. The van der Waals surface area contributed by atoms with E-state index in [0.29, 0.717) is 5.69 Å². The van der Waals surface area contributed by atoms with Gasteiger partial charge in [-0.25, -0.2) is 19.6 Å². The lowest BCUT2D eigenvalue weighted by Gasteiger charge is -2.11. The molecule has 3 N–H and O–H groups in total. The van der Waals surface area contributed by atoms with Gasteiger partial charge in [0.2, 0.25) is 11.8 Å². The van der Waals surface area contributed by atoms with E-state index < -0.39 is 28.4 Å². The second-order valence-electron chi connectivity index (χ2n) is 7.84. The number of H-pyrrole nitrogens is 1. The molecule has 13 heteroatoms. The Morgan fingerprint density at radius 1 is 1.03 bits per heavy atom. The van der Waals surface area contributed by atoms with Crippen LogP contribution in [0.2, 0.25) is 0 Å². The van der Waals surface area contributed by atoms with Gasteiger partial charge in [-0.15, -0.1) is 0 Å². The highest BCUT2D eigenvalue weighted by Gasteiger charge is 2.17. The number of hydrogen-bond acceptors (Lipinski definition) is 8. The van der Waals surface area contributed by atoms with Crippen LogP contribution in [0.3, 0.4) is 0 Å². The van der Waals surface area contributed by atoms with Crippen molar-refractivity contribution in [3.63, 3.8) is 0 Å². The first kappa shape index (κ1) is 22.5. The number of aryl methyl sites for hydroxylation is 4. The number of hydrogen-bond donors (Lipinski definition) is 3. The van der Waals surface area contributed by atoms with Crippen molar-refractivity contribution in [2.75, 3.05) is 5.43 Å². The summed E-state index contributed by atoms with van der Waals surface area (Å²) in [7, 11) is 4.41. The Balaban J connectivity index is 1.76. The quantitative estimate of drug-likeness (QED) is 0.272. The third kappa shape index (κ3) is 3.43. The van der Waals surface area contributed by atoms with Gasteiger partial charge < -0.3 is 9.67 Å². The first-order chi connectivity index (χ1) is 16.0. The minimum Gasteiger partial charge on any atom is -0.493 e. The molecule has 3 heterocycles. The standard InChI is InChI=1S/C21H22N8O5/c1-10-6-7-12(8-11(10)2)29-17(31)13(16(30)24-20(29)33)9-22-25-19-23-15-14(26(19)3)18(32)28(5)21(34)27(15)4/h6-9,31H,1-5H3,(H,23,25)(H,24,30,33). The van der Waals surface area contributed by atoms with Crippen molar-refractivity contribution in [2.45, 2.75) is 13.8 Å². The number of aromatic amines is 1. The van der Waals surface area contributed by atoms with Crippen molar-refractivity contribution in [2.24, 2.45) is 26.2 Å². The molecular weight excluding hydrogens is 444 g/mol. The third-order valence-electron chi connectivity index (χ3n) is 5.70. The van der Waals surface area contributed by atoms with Crippen LogP contribution in [0.5, 0.6) is 5.88 Å². The first-order valence-electron chi connectivity index (χ1n) is 10.1. The zero-order valence-corrected chi connectivity index (χ0v) is 19.1. The molecule has 0 saturated heterocycles. The Bertz CT molecular complexity index is 1730. The number of benzene rings is 1. The molecule has 1 aromatic carbocycles. The van der Waals surface area contributed by atoms with Crippen molar-refractivity contribution >= 4 is 23.3 Å². The highest BCUT2D eigenvalue weighted by Crippen LogP contribution is 2.18. The molecule has 176 valence electrons. The van der Waals surface area contributed by atoms with E-state index in [0.717, 1.165) is 26.5 Å². The van der Waals surface area contributed by atoms with Crippen LogP contribution in [0.4, 0.5) is 5.95 Å². The van der Waals surface area contributed by atoms with E-state index in [9.17, 15) is 24.3 Å². The molecule has 0 radical (unpaired) electrons. The summed E-state index contributed by atoms with van der Waals surface area (Å²) >= 11 is 0. The molecular formula is C21H22N8O5. The van der Waals surface area contributed by atoms with Crippen LogP contribution in [0.25, 0.3) is 16.9 Å². The number of rotatable bonds is 4. The lowest BCUT2D eigenvalue weighted by Crippen LogP contribution is -2.37. The molecule has 3 aromatic heterocycles. The smallest absolute Gasteiger partial charge is 0.335 e. The van der Waals surface area contributed by atoms with Crippen LogP contribution in [0.15, 0.2) is 42.5 Å². The van der Waals surface area contributed by atoms with Gasteiger partial charge in [0.15, 0.2) is 11.2 Å². The topological polar surface area (TPSA) is 161 Å². The molecule has 0 spiro atoms. The zero-order valence-electron chi connectivity index (χ0n) is 19.1. The fourth-order valence-electron chi connectivity index (χ4n) is 3.53. The van der Waals surface area contributed by atoms with E-state index >= 15 is 0 Å². The molecule has 0 saturated carbocycles. The van der Waals surface area contributed by atoms with E-state index in [1.165, 1.54) is 23.2 Å². The molecule has 0 aliphatic heterocycles. The van der Waals surface area contributed by atoms with E-state index in [4.69, 9.17) is 0 Å². The highest BCUT2D eigenvalue weighted by atomic mass is 16.3. The number of nitrogens with one attached hydrogen (secondary N) is 2. The highest BCUT2D eigenvalue weighted by molar-refractivity contribution is 5.83. The van der Waals surface area contributed by atoms with Crippen LogP contribution in [-0.2, 0) is 21.1 Å². The van der Waals surface area contributed by atoms with Gasteiger partial charge in [-0.3, -0.25) is 23.7 Å². The predicted octanol–water partition coefficient (Wildman–Crippen LogP) is -0.422. The van der Waals surface area contributed by atoms with Crippen molar-refractivity contribution in [3.05, 3.63) is 76.6 Å². The van der Waals surface area contributed by atoms with Crippen LogP contribution in [0.1, 0.15) is 16.7 Å². The first-order valence-corrected chi connectivity index (χ1v) is 10.1. The molecule has 4 rings (SSSR count). The van der Waals surface area contributed by atoms with Gasteiger partial charge >= 0.3 is 11.4 Å². The maximum atomic E-state index is 12.5.